The maximum Gasteiger partial charge on any atom is 0.276 e. The first-order valence-electron chi connectivity index (χ1n) is 9.32. The molecule has 1 amide bonds. The van der Waals surface area contributed by atoms with Crippen molar-refractivity contribution in [3.8, 4) is 0 Å². The summed E-state index contributed by atoms with van der Waals surface area (Å²) in [6.07, 6.45) is 1.24. The van der Waals surface area contributed by atoms with E-state index in [4.69, 9.17) is 4.99 Å². The van der Waals surface area contributed by atoms with Crippen LogP contribution in [0.2, 0.25) is 0 Å². The predicted octanol–water partition coefficient (Wildman–Crippen LogP) is 2.27. The van der Waals surface area contributed by atoms with Crippen molar-refractivity contribution >= 4 is 34.2 Å². The standard InChI is InChI=1S/C20H19N5O3S/c1-2-3-12-29-20-22-19(26)17-13-8-4-6-10-15(13)21-18(24(17)23-20)14-9-5-7-11-16(14)25(27)28/h4-11,18H,2-3,12H2,1H3,(H,22,23,26)/t18-/m1/s1. The van der Waals surface area contributed by atoms with E-state index in [1.54, 1.807) is 30.3 Å². The molecule has 0 aliphatic carbocycles. The molecule has 29 heavy (non-hydrogen) atoms. The molecule has 4 rings (SSSR count). The van der Waals surface area contributed by atoms with Gasteiger partial charge in [0.05, 0.1) is 15.8 Å². The number of benzene rings is 2. The Morgan fingerprint density at radius 3 is 2.76 bits per heavy atom. The van der Waals surface area contributed by atoms with E-state index in [1.165, 1.54) is 22.8 Å². The molecular formula is C20H19N5O3S. The van der Waals surface area contributed by atoms with Crippen LogP contribution in [0.5, 0.6) is 0 Å². The van der Waals surface area contributed by atoms with E-state index in [0.29, 0.717) is 27.0 Å². The zero-order valence-corrected chi connectivity index (χ0v) is 16.6. The molecule has 8 nitrogen and oxygen atoms in total. The molecule has 0 unspecified atom stereocenters. The van der Waals surface area contributed by atoms with Crippen LogP contribution in [0, 0.1) is 10.1 Å². The van der Waals surface area contributed by atoms with Gasteiger partial charge >= 0.3 is 0 Å². The van der Waals surface area contributed by atoms with Crippen molar-refractivity contribution in [2.24, 2.45) is 10.1 Å². The van der Waals surface area contributed by atoms with Crippen molar-refractivity contribution < 1.29 is 9.72 Å². The highest BCUT2D eigenvalue weighted by atomic mass is 32.2. The zero-order chi connectivity index (χ0) is 20.4. The Morgan fingerprint density at radius 1 is 1.21 bits per heavy atom. The van der Waals surface area contributed by atoms with E-state index in [0.717, 1.165) is 18.6 Å². The molecule has 9 heteroatoms. The molecule has 2 aromatic rings. The summed E-state index contributed by atoms with van der Waals surface area (Å²) in [5.74, 6) is 0.535. The SMILES string of the molecule is CCCCSC1=NN2C(=c3ccccc3=N[C@H]2c2ccccc2[N+](=O)[O-])C(=O)N1. The number of unbranched alkanes of at least 4 members (excludes halogenated alkanes) is 1. The fraction of sp³-hybridized carbons (Fsp3) is 0.250. The molecule has 1 N–H and O–H groups in total. The normalized spacial score (nSPS) is 17.6. The van der Waals surface area contributed by atoms with Gasteiger partial charge in [-0.2, -0.15) is 0 Å². The summed E-state index contributed by atoms with van der Waals surface area (Å²) in [5, 5.41) is 22.3. The number of carbonyl (C=O) groups excluding carboxylic acids is 1. The van der Waals surface area contributed by atoms with Crippen LogP contribution in [0.25, 0.3) is 5.70 Å². The second kappa shape index (κ2) is 8.04. The minimum absolute atomic E-state index is 0.0543. The van der Waals surface area contributed by atoms with E-state index < -0.39 is 11.1 Å². The van der Waals surface area contributed by atoms with Crippen molar-refractivity contribution in [1.29, 1.82) is 0 Å². The monoisotopic (exact) mass is 409 g/mol. The number of amidine groups is 1. The van der Waals surface area contributed by atoms with Gasteiger partial charge in [0.15, 0.2) is 11.3 Å². The first-order valence-corrected chi connectivity index (χ1v) is 10.3. The second-order valence-electron chi connectivity index (χ2n) is 6.59. The van der Waals surface area contributed by atoms with Gasteiger partial charge in [-0.15, -0.1) is 5.10 Å². The van der Waals surface area contributed by atoms with Crippen LogP contribution >= 0.6 is 11.8 Å². The van der Waals surface area contributed by atoms with E-state index in [2.05, 4.69) is 17.3 Å². The first-order chi connectivity index (χ1) is 14.1. The number of nitrogens with one attached hydrogen (secondary N) is 1. The highest BCUT2D eigenvalue weighted by Crippen LogP contribution is 2.35. The number of hydrogen-bond donors (Lipinski definition) is 1. The maximum atomic E-state index is 13.0. The smallest absolute Gasteiger partial charge is 0.276 e. The van der Waals surface area contributed by atoms with Crippen LogP contribution in [-0.2, 0) is 4.79 Å². The van der Waals surface area contributed by atoms with Crippen LogP contribution in [0.3, 0.4) is 0 Å². The lowest BCUT2D eigenvalue weighted by Gasteiger charge is -2.33. The number of para-hydroxylation sites is 2. The van der Waals surface area contributed by atoms with Crippen LogP contribution in [-0.4, -0.2) is 26.8 Å². The molecule has 2 aliphatic rings. The van der Waals surface area contributed by atoms with Crippen LogP contribution in [0.4, 0.5) is 5.69 Å². The van der Waals surface area contributed by atoms with Gasteiger partial charge in [-0.25, -0.2) is 5.01 Å². The largest absolute Gasteiger partial charge is 0.298 e. The van der Waals surface area contributed by atoms with Crippen LogP contribution in [0.1, 0.15) is 31.5 Å². The Kier molecular flexibility index (Phi) is 5.30. The minimum Gasteiger partial charge on any atom is -0.298 e. The second-order valence-corrected chi connectivity index (χ2v) is 7.67. The molecule has 0 spiro atoms. The van der Waals surface area contributed by atoms with E-state index >= 15 is 0 Å². The van der Waals surface area contributed by atoms with Crippen molar-refractivity contribution in [3.05, 3.63) is 74.8 Å². The van der Waals surface area contributed by atoms with Gasteiger partial charge in [-0.05, 0) is 18.6 Å². The van der Waals surface area contributed by atoms with Gasteiger partial charge in [0.2, 0.25) is 0 Å². The number of hydrogen-bond acceptors (Lipinski definition) is 7. The number of nitro groups is 1. The number of amides is 1. The van der Waals surface area contributed by atoms with Gasteiger partial charge in [0, 0.05) is 17.0 Å². The highest BCUT2D eigenvalue weighted by molar-refractivity contribution is 8.13. The number of hydrazone groups is 1. The topological polar surface area (TPSA) is 100 Å². The summed E-state index contributed by atoms with van der Waals surface area (Å²) in [6, 6.07) is 13.7. The number of nitro benzene ring substituents is 1. The average molecular weight is 409 g/mol. The third-order valence-electron chi connectivity index (χ3n) is 4.66. The van der Waals surface area contributed by atoms with Gasteiger partial charge in [0.1, 0.15) is 5.70 Å². The minimum atomic E-state index is -0.797. The number of carbonyl (C=O) groups is 1. The molecule has 0 aromatic heterocycles. The lowest BCUT2D eigenvalue weighted by Crippen LogP contribution is -2.50. The fourth-order valence-corrected chi connectivity index (χ4v) is 4.22. The zero-order valence-electron chi connectivity index (χ0n) is 15.7. The molecule has 0 saturated heterocycles. The Hall–Kier alpha value is -3.20. The fourth-order valence-electron chi connectivity index (χ4n) is 3.28. The van der Waals surface area contributed by atoms with Gasteiger partial charge < -0.3 is 0 Å². The summed E-state index contributed by atoms with van der Waals surface area (Å²) in [4.78, 5) is 28.8. The Morgan fingerprint density at radius 2 is 1.97 bits per heavy atom. The van der Waals surface area contributed by atoms with Gasteiger partial charge in [0.25, 0.3) is 11.6 Å². The predicted molar refractivity (Wildman–Crippen MR) is 111 cm³/mol. The molecule has 1 atom stereocenters. The van der Waals surface area contributed by atoms with Crippen molar-refractivity contribution in [1.82, 2.24) is 10.3 Å². The van der Waals surface area contributed by atoms with Gasteiger partial charge in [-0.1, -0.05) is 55.4 Å². The Labute approximate surface area is 171 Å². The van der Waals surface area contributed by atoms with E-state index in [-0.39, 0.29) is 11.6 Å². The van der Waals surface area contributed by atoms with Crippen molar-refractivity contribution in [3.63, 3.8) is 0 Å². The van der Waals surface area contributed by atoms with E-state index in [1.807, 2.05) is 12.1 Å². The molecule has 0 saturated carbocycles. The maximum absolute atomic E-state index is 13.0. The van der Waals surface area contributed by atoms with Crippen LogP contribution in [0.15, 0.2) is 58.6 Å². The summed E-state index contributed by atoms with van der Waals surface area (Å²) >= 11 is 1.46. The van der Waals surface area contributed by atoms with Gasteiger partial charge in [-0.3, -0.25) is 25.2 Å². The molecular weight excluding hydrogens is 390 g/mol. The van der Waals surface area contributed by atoms with E-state index in [9.17, 15) is 14.9 Å². The van der Waals surface area contributed by atoms with Crippen molar-refractivity contribution in [2.75, 3.05) is 5.75 Å². The molecule has 148 valence electrons. The summed E-state index contributed by atoms with van der Waals surface area (Å²) in [5.41, 5.74) is 0.681. The number of nitrogens with zero attached hydrogens (tertiary/aromatic N) is 4. The highest BCUT2D eigenvalue weighted by Gasteiger charge is 2.36. The van der Waals surface area contributed by atoms with Crippen LogP contribution < -0.4 is 15.9 Å². The number of thioether (sulfide) groups is 1. The summed E-state index contributed by atoms with van der Waals surface area (Å²) in [7, 11) is 0. The molecule has 2 heterocycles. The first kappa shape index (κ1) is 19.1. The molecule has 0 bridgehead atoms. The summed E-state index contributed by atoms with van der Waals surface area (Å²) < 4.78 is 0. The molecule has 0 fully saturated rings. The lowest BCUT2D eigenvalue weighted by atomic mass is 10.1. The molecule has 2 aliphatic heterocycles. The number of rotatable bonds is 5. The third-order valence-corrected chi connectivity index (χ3v) is 5.61. The van der Waals surface area contributed by atoms with Crippen molar-refractivity contribution in [2.45, 2.75) is 25.9 Å². The molecule has 0 radical (unpaired) electrons. The Balaban J connectivity index is 1.89. The summed E-state index contributed by atoms with van der Waals surface area (Å²) in [6.45, 7) is 2.10. The number of fused-ring (bicyclic) bond motifs is 2. The third kappa shape index (κ3) is 3.61. The quantitative estimate of drug-likeness (QED) is 0.464. The average Bonchev–Trinajstić information content (AvgIpc) is 2.73. The molecule has 2 aromatic carbocycles. The Bertz CT molecular complexity index is 1130. The lowest BCUT2D eigenvalue weighted by molar-refractivity contribution is -0.385.